The van der Waals surface area contributed by atoms with Gasteiger partial charge in [-0.05, 0) is 6.92 Å². The number of anilines is 2. The van der Waals surface area contributed by atoms with E-state index in [-0.39, 0.29) is 0 Å². The smallest absolute Gasteiger partial charge is 0.205 e. The van der Waals surface area contributed by atoms with Gasteiger partial charge < -0.3 is 10.2 Å². The van der Waals surface area contributed by atoms with Crippen molar-refractivity contribution in [1.29, 1.82) is 0 Å². The van der Waals surface area contributed by atoms with Gasteiger partial charge >= 0.3 is 0 Å². The topological polar surface area (TPSA) is 57.2 Å². The van der Waals surface area contributed by atoms with Gasteiger partial charge in [0, 0.05) is 44.3 Å². The summed E-state index contributed by atoms with van der Waals surface area (Å²) in [6.07, 6.45) is 1.87. The second-order valence-electron chi connectivity index (χ2n) is 4.61. The van der Waals surface area contributed by atoms with Crippen LogP contribution in [0.15, 0.2) is 11.6 Å². The van der Waals surface area contributed by atoms with Gasteiger partial charge in [0.15, 0.2) is 5.13 Å². The SMILES string of the molecule is CCNc1nnc(CN2CCN(c3nccs3)CC2)s1. The van der Waals surface area contributed by atoms with E-state index in [0.717, 1.165) is 54.5 Å². The van der Waals surface area contributed by atoms with Crippen LogP contribution in [0.3, 0.4) is 0 Å². The largest absolute Gasteiger partial charge is 0.360 e. The van der Waals surface area contributed by atoms with Crippen LogP contribution in [0.5, 0.6) is 0 Å². The Morgan fingerprint density at radius 1 is 1.25 bits per heavy atom. The standard InChI is InChI=1S/C12H18N6S2/c1-2-13-11-16-15-10(20-11)9-17-4-6-18(7-5-17)12-14-3-8-19-12/h3,8H,2,4-7,9H2,1H3,(H,13,16). The lowest BCUT2D eigenvalue weighted by Crippen LogP contribution is -2.45. The lowest BCUT2D eigenvalue weighted by Gasteiger charge is -2.33. The van der Waals surface area contributed by atoms with Crippen molar-refractivity contribution in [2.45, 2.75) is 13.5 Å². The molecule has 3 rings (SSSR count). The van der Waals surface area contributed by atoms with Crippen molar-refractivity contribution in [2.75, 3.05) is 42.9 Å². The summed E-state index contributed by atoms with van der Waals surface area (Å²) < 4.78 is 0. The third-order valence-electron chi connectivity index (χ3n) is 3.22. The Labute approximate surface area is 126 Å². The quantitative estimate of drug-likeness (QED) is 0.908. The minimum Gasteiger partial charge on any atom is -0.360 e. The fourth-order valence-corrected chi connectivity index (χ4v) is 3.75. The highest BCUT2D eigenvalue weighted by molar-refractivity contribution is 7.15. The van der Waals surface area contributed by atoms with E-state index in [1.165, 1.54) is 0 Å². The van der Waals surface area contributed by atoms with Crippen LogP contribution in [0, 0.1) is 0 Å². The van der Waals surface area contributed by atoms with Crippen molar-refractivity contribution in [3.63, 3.8) is 0 Å². The Morgan fingerprint density at radius 3 is 2.80 bits per heavy atom. The minimum atomic E-state index is 0.890. The van der Waals surface area contributed by atoms with Gasteiger partial charge in [0.25, 0.3) is 0 Å². The van der Waals surface area contributed by atoms with Crippen LogP contribution in [-0.2, 0) is 6.54 Å². The molecule has 20 heavy (non-hydrogen) atoms. The van der Waals surface area contributed by atoms with Crippen molar-refractivity contribution in [3.05, 3.63) is 16.6 Å². The lowest BCUT2D eigenvalue weighted by molar-refractivity contribution is 0.249. The van der Waals surface area contributed by atoms with Crippen molar-refractivity contribution in [3.8, 4) is 0 Å². The summed E-state index contributed by atoms with van der Waals surface area (Å²) in [6.45, 7) is 8.03. The van der Waals surface area contributed by atoms with Gasteiger partial charge in [-0.1, -0.05) is 11.3 Å². The summed E-state index contributed by atoms with van der Waals surface area (Å²) in [4.78, 5) is 9.15. The first kappa shape index (κ1) is 13.7. The average Bonchev–Trinajstić information content (AvgIpc) is 3.12. The zero-order chi connectivity index (χ0) is 13.8. The molecule has 0 atom stereocenters. The molecule has 0 unspecified atom stereocenters. The highest BCUT2D eigenvalue weighted by Crippen LogP contribution is 2.21. The molecule has 108 valence electrons. The summed E-state index contributed by atoms with van der Waals surface area (Å²) in [5, 5.41) is 16.8. The number of thiazole rings is 1. The molecule has 0 amide bonds. The van der Waals surface area contributed by atoms with E-state index in [2.05, 4.69) is 37.2 Å². The number of hydrogen-bond donors (Lipinski definition) is 1. The van der Waals surface area contributed by atoms with E-state index < -0.39 is 0 Å². The summed E-state index contributed by atoms with van der Waals surface area (Å²) in [6, 6.07) is 0. The molecule has 2 aromatic rings. The molecule has 2 aromatic heterocycles. The van der Waals surface area contributed by atoms with Crippen LogP contribution in [0.25, 0.3) is 0 Å². The molecule has 6 nitrogen and oxygen atoms in total. The molecule has 0 aliphatic carbocycles. The molecule has 1 aliphatic rings. The molecule has 0 radical (unpaired) electrons. The zero-order valence-electron chi connectivity index (χ0n) is 11.4. The van der Waals surface area contributed by atoms with E-state index in [1.807, 2.05) is 11.6 Å². The zero-order valence-corrected chi connectivity index (χ0v) is 13.1. The van der Waals surface area contributed by atoms with Crippen molar-refractivity contribution in [1.82, 2.24) is 20.1 Å². The van der Waals surface area contributed by atoms with Gasteiger partial charge in [0.1, 0.15) is 5.01 Å². The first-order chi connectivity index (χ1) is 9.85. The Hall–Kier alpha value is -1.25. The van der Waals surface area contributed by atoms with Crippen LogP contribution in [0.1, 0.15) is 11.9 Å². The lowest BCUT2D eigenvalue weighted by atomic mass is 10.3. The number of aromatic nitrogens is 3. The van der Waals surface area contributed by atoms with Crippen molar-refractivity contribution >= 4 is 32.9 Å². The number of rotatable bonds is 5. The first-order valence-corrected chi connectivity index (χ1v) is 8.48. The second kappa shape index (κ2) is 6.47. The van der Waals surface area contributed by atoms with Gasteiger partial charge in [-0.25, -0.2) is 4.98 Å². The van der Waals surface area contributed by atoms with Crippen molar-refractivity contribution in [2.24, 2.45) is 0 Å². The number of nitrogens with one attached hydrogen (secondary N) is 1. The van der Waals surface area contributed by atoms with E-state index in [9.17, 15) is 0 Å². The van der Waals surface area contributed by atoms with E-state index in [4.69, 9.17) is 0 Å². The van der Waals surface area contributed by atoms with Gasteiger partial charge in [-0.2, -0.15) is 0 Å². The second-order valence-corrected chi connectivity index (χ2v) is 6.54. The third-order valence-corrected chi connectivity index (χ3v) is 4.91. The van der Waals surface area contributed by atoms with E-state index >= 15 is 0 Å². The Bertz CT molecular complexity index is 518. The fraction of sp³-hybridized carbons (Fsp3) is 0.583. The van der Waals surface area contributed by atoms with Gasteiger partial charge in [0.2, 0.25) is 5.13 Å². The number of hydrogen-bond acceptors (Lipinski definition) is 8. The van der Waals surface area contributed by atoms with Crippen LogP contribution in [0.4, 0.5) is 10.3 Å². The average molecular weight is 310 g/mol. The van der Waals surface area contributed by atoms with Crippen LogP contribution >= 0.6 is 22.7 Å². The monoisotopic (exact) mass is 310 g/mol. The molecule has 8 heteroatoms. The van der Waals surface area contributed by atoms with Gasteiger partial charge in [0.05, 0.1) is 6.54 Å². The van der Waals surface area contributed by atoms with E-state index in [0.29, 0.717) is 0 Å². The maximum Gasteiger partial charge on any atom is 0.205 e. The number of piperazine rings is 1. The minimum absolute atomic E-state index is 0.890. The molecular formula is C12H18N6S2. The van der Waals surface area contributed by atoms with Gasteiger partial charge in [-0.15, -0.1) is 21.5 Å². The maximum atomic E-state index is 4.37. The molecule has 0 aromatic carbocycles. The Balaban J connectivity index is 1.50. The molecule has 1 N–H and O–H groups in total. The molecule has 3 heterocycles. The first-order valence-electron chi connectivity index (χ1n) is 6.78. The highest BCUT2D eigenvalue weighted by Gasteiger charge is 2.19. The Morgan fingerprint density at radius 2 is 2.10 bits per heavy atom. The molecule has 0 spiro atoms. The molecule has 1 fully saturated rings. The molecule has 0 bridgehead atoms. The van der Waals surface area contributed by atoms with Crippen LogP contribution in [-0.4, -0.2) is 52.8 Å². The number of nitrogens with zero attached hydrogens (tertiary/aromatic N) is 5. The molecule has 0 saturated carbocycles. The molecular weight excluding hydrogens is 292 g/mol. The fourth-order valence-electron chi connectivity index (χ4n) is 2.20. The summed E-state index contributed by atoms with van der Waals surface area (Å²) in [7, 11) is 0. The van der Waals surface area contributed by atoms with Crippen LogP contribution in [0.2, 0.25) is 0 Å². The van der Waals surface area contributed by atoms with Crippen LogP contribution < -0.4 is 10.2 Å². The third kappa shape index (κ3) is 3.25. The summed E-state index contributed by atoms with van der Waals surface area (Å²) in [5.74, 6) is 0. The molecule has 1 saturated heterocycles. The van der Waals surface area contributed by atoms with Gasteiger partial charge in [-0.3, -0.25) is 4.90 Å². The van der Waals surface area contributed by atoms with Crippen molar-refractivity contribution < 1.29 is 0 Å². The summed E-state index contributed by atoms with van der Waals surface area (Å²) in [5.41, 5.74) is 0. The predicted octanol–water partition coefficient (Wildman–Crippen LogP) is 1.75. The van der Waals surface area contributed by atoms with E-state index in [1.54, 1.807) is 22.7 Å². The Kier molecular flexibility index (Phi) is 4.44. The normalized spacial score (nSPS) is 16.6. The highest BCUT2D eigenvalue weighted by atomic mass is 32.1. The molecule has 1 aliphatic heterocycles. The summed E-state index contributed by atoms with van der Waals surface area (Å²) >= 11 is 3.36. The maximum absolute atomic E-state index is 4.37. The predicted molar refractivity (Wildman–Crippen MR) is 83.7 cm³/mol.